The van der Waals surface area contributed by atoms with E-state index in [1.165, 1.54) is 17.4 Å². The Balaban J connectivity index is 1.70. The van der Waals surface area contributed by atoms with E-state index in [9.17, 15) is 4.79 Å². The highest BCUT2D eigenvalue weighted by Gasteiger charge is 2.07. The van der Waals surface area contributed by atoms with Gasteiger partial charge in [-0.2, -0.15) is 0 Å². The number of nitrogens with zero attached hydrogens (tertiary/aromatic N) is 2. The van der Waals surface area contributed by atoms with Crippen molar-refractivity contribution in [3.8, 4) is 5.75 Å². The topological polar surface area (TPSA) is 64.1 Å². The normalized spacial score (nSPS) is 11.2. The molecule has 0 aliphatic heterocycles. The van der Waals surface area contributed by atoms with E-state index in [1.54, 1.807) is 17.4 Å². The van der Waals surface area contributed by atoms with Gasteiger partial charge in [0.1, 0.15) is 5.75 Å². The van der Waals surface area contributed by atoms with Crippen molar-refractivity contribution in [1.29, 1.82) is 0 Å². The van der Waals surface area contributed by atoms with Gasteiger partial charge in [0.25, 0.3) is 0 Å². The second-order valence-electron chi connectivity index (χ2n) is 4.70. The van der Waals surface area contributed by atoms with Gasteiger partial charge in [0.2, 0.25) is 5.91 Å². The van der Waals surface area contributed by atoms with Crippen LogP contribution in [0.1, 0.15) is 17.6 Å². The Kier molecular flexibility index (Phi) is 4.68. The lowest BCUT2D eigenvalue weighted by Gasteiger charge is -2.00. The third kappa shape index (κ3) is 3.94. The van der Waals surface area contributed by atoms with Gasteiger partial charge in [-0.15, -0.1) is 11.3 Å². The summed E-state index contributed by atoms with van der Waals surface area (Å²) in [6, 6.07) is 5.70. The van der Waals surface area contributed by atoms with Gasteiger partial charge in [-0.05, 0) is 38.1 Å². The summed E-state index contributed by atoms with van der Waals surface area (Å²) < 4.78 is 6.45. The fraction of sp³-hybridized carbons (Fsp3) is 0.188. The average molecular weight is 345 g/mol. The maximum atomic E-state index is 12.0. The summed E-state index contributed by atoms with van der Waals surface area (Å²) in [6.45, 7) is 4.49. The van der Waals surface area contributed by atoms with Gasteiger partial charge in [-0.25, -0.2) is 9.97 Å². The van der Waals surface area contributed by atoms with Gasteiger partial charge in [-0.1, -0.05) is 11.3 Å². The molecule has 1 aromatic carbocycles. The first-order valence-corrected chi connectivity index (χ1v) is 8.78. The number of benzene rings is 1. The number of aryl methyl sites for hydroxylation is 1. The molecular weight excluding hydrogens is 330 g/mol. The molecule has 2 aromatic heterocycles. The molecule has 3 rings (SSSR count). The second-order valence-corrected chi connectivity index (χ2v) is 6.79. The number of ether oxygens (including phenoxy) is 1. The molecule has 3 aromatic rings. The minimum atomic E-state index is -0.222. The smallest absolute Gasteiger partial charge is 0.250 e. The molecule has 1 N–H and O–H groups in total. The fourth-order valence-corrected chi connectivity index (χ4v) is 3.46. The number of thiazole rings is 2. The Bertz CT molecular complexity index is 867. The summed E-state index contributed by atoms with van der Waals surface area (Å²) in [5.41, 5.74) is 1.63. The third-order valence-corrected chi connectivity index (χ3v) is 4.67. The molecule has 0 bridgehead atoms. The van der Waals surface area contributed by atoms with Gasteiger partial charge in [0.15, 0.2) is 5.13 Å². The van der Waals surface area contributed by atoms with Crippen molar-refractivity contribution in [2.45, 2.75) is 13.8 Å². The van der Waals surface area contributed by atoms with Crippen LogP contribution in [0.2, 0.25) is 0 Å². The molecular formula is C16H15N3O2S2. The zero-order chi connectivity index (χ0) is 16.2. The number of rotatable bonds is 5. The van der Waals surface area contributed by atoms with E-state index >= 15 is 0 Å². The number of carbonyl (C=O) groups is 1. The summed E-state index contributed by atoms with van der Waals surface area (Å²) in [5, 5.41) is 6.23. The zero-order valence-corrected chi connectivity index (χ0v) is 14.3. The minimum absolute atomic E-state index is 0.222. The summed E-state index contributed by atoms with van der Waals surface area (Å²) in [4.78, 5) is 20.6. The van der Waals surface area contributed by atoms with Crippen LogP contribution < -0.4 is 10.1 Å². The van der Waals surface area contributed by atoms with Gasteiger partial charge < -0.3 is 4.74 Å². The molecule has 7 heteroatoms. The van der Waals surface area contributed by atoms with Crippen molar-refractivity contribution in [2.24, 2.45) is 0 Å². The van der Waals surface area contributed by atoms with E-state index in [4.69, 9.17) is 4.74 Å². The molecule has 23 heavy (non-hydrogen) atoms. The monoisotopic (exact) mass is 345 g/mol. The highest BCUT2D eigenvalue weighted by Crippen LogP contribution is 2.29. The van der Waals surface area contributed by atoms with Crippen LogP contribution in [-0.2, 0) is 4.79 Å². The van der Waals surface area contributed by atoms with Crippen molar-refractivity contribution >= 4 is 50.0 Å². The number of hydrogen-bond donors (Lipinski definition) is 1. The van der Waals surface area contributed by atoms with E-state index in [-0.39, 0.29) is 5.91 Å². The van der Waals surface area contributed by atoms with Crippen molar-refractivity contribution in [3.05, 3.63) is 40.4 Å². The molecule has 2 heterocycles. The molecule has 0 aliphatic rings. The predicted molar refractivity (Wildman–Crippen MR) is 95.3 cm³/mol. The summed E-state index contributed by atoms with van der Waals surface area (Å²) in [6.07, 6.45) is 3.16. The van der Waals surface area contributed by atoms with Gasteiger partial charge in [0.05, 0.1) is 27.5 Å². The first-order valence-electron chi connectivity index (χ1n) is 7.08. The van der Waals surface area contributed by atoms with Crippen LogP contribution in [0.4, 0.5) is 5.13 Å². The van der Waals surface area contributed by atoms with E-state index in [1.807, 2.05) is 37.4 Å². The molecule has 118 valence electrons. The number of amides is 1. The van der Waals surface area contributed by atoms with Crippen molar-refractivity contribution in [1.82, 2.24) is 9.97 Å². The summed E-state index contributed by atoms with van der Waals surface area (Å²) >= 11 is 2.97. The standard InChI is InChI=1S/C16H15N3O2S2/c1-3-21-12-5-6-13-14(8-12)23-16(18-13)19-15(20)7-4-11-9-22-10(2)17-11/h4-9H,3H2,1-2H3,(H,18,19,20)/b7-4+. The largest absolute Gasteiger partial charge is 0.494 e. The van der Waals surface area contributed by atoms with E-state index in [0.717, 1.165) is 26.7 Å². The maximum absolute atomic E-state index is 12.0. The van der Waals surface area contributed by atoms with Crippen LogP contribution in [0.5, 0.6) is 5.75 Å². The molecule has 0 unspecified atom stereocenters. The average Bonchev–Trinajstić information content (AvgIpc) is 3.10. The molecule has 0 saturated heterocycles. The van der Waals surface area contributed by atoms with Crippen molar-refractivity contribution < 1.29 is 9.53 Å². The lowest BCUT2D eigenvalue weighted by Crippen LogP contribution is -2.07. The molecule has 0 fully saturated rings. The fourth-order valence-electron chi connectivity index (χ4n) is 1.98. The minimum Gasteiger partial charge on any atom is -0.494 e. The van der Waals surface area contributed by atoms with Crippen LogP contribution in [0.25, 0.3) is 16.3 Å². The van der Waals surface area contributed by atoms with Crippen LogP contribution in [0, 0.1) is 6.92 Å². The lowest BCUT2D eigenvalue weighted by atomic mass is 10.3. The number of aromatic nitrogens is 2. The molecule has 0 atom stereocenters. The van der Waals surface area contributed by atoms with Gasteiger partial charge in [-0.3, -0.25) is 10.1 Å². The van der Waals surface area contributed by atoms with Crippen LogP contribution in [0.3, 0.4) is 0 Å². The Morgan fingerprint density at radius 3 is 3.00 bits per heavy atom. The maximum Gasteiger partial charge on any atom is 0.250 e. The SMILES string of the molecule is CCOc1ccc2nc(NC(=O)/C=C/c3csc(C)n3)sc2c1. The van der Waals surface area contributed by atoms with E-state index in [0.29, 0.717) is 11.7 Å². The molecule has 0 saturated carbocycles. The number of carbonyl (C=O) groups excluding carboxylic acids is 1. The second kappa shape index (κ2) is 6.89. The number of anilines is 1. The van der Waals surface area contributed by atoms with Crippen molar-refractivity contribution in [3.63, 3.8) is 0 Å². The van der Waals surface area contributed by atoms with E-state index in [2.05, 4.69) is 15.3 Å². The summed E-state index contributed by atoms with van der Waals surface area (Å²) in [5.74, 6) is 0.583. The van der Waals surface area contributed by atoms with Gasteiger partial charge >= 0.3 is 0 Å². The molecule has 1 amide bonds. The summed E-state index contributed by atoms with van der Waals surface area (Å²) in [7, 11) is 0. The van der Waals surface area contributed by atoms with Crippen LogP contribution >= 0.6 is 22.7 Å². The number of hydrogen-bond acceptors (Lipinski definition) is 6. The third-order valence-electron chi connectivity index (χ3n) is 2.94. The Morgan fingerprint density at radius 2 is 2.26 bits per heavy atom. The molecule has 0 aliphatic carbocycles. The quantitative estimate of drug-likeness (QED) is 0.707. The highest BCUT2D eigenvalue weighted by atomic mass is 32.1. The Hall–Kier alpha value is -2.25. The molecule has 0 radical (unpaired) electrons. The number of nitrogens with one attached hydrogen (secondary N) is 1. The Labute approximate surface area is 141 Å². The highest BCUT2D eigenvalue weighted by molar-refractivity contribution is 7.22. The molecule has 5 nitrogen and oxygen atoms in total. The molecule has 0 spiro atoms. The van der Waals surface area contributed by atoms with E-state index < -0.39 is 0 Å². The lowest BCUT2D eigenvalue weighted by molar-refractivity contribution is -0.111. The Morgan fingerprint density at radius 1 is 1.39 bits per heavy atom. The zero-order valence-electron chi connectivity index (χ0n) is 12.7. The number of fused-ring (bicyclic) bond motifs is 1. The van der Waals surface area contributed by atoms with Gasteiger partial charge in [0, 0.05) is 11.5 Å². The first-order chi connectivity index (χ1) is 11.1. The van der Waals surface area contributed by atoms with Crippen LogP contribution in [-0.4, -0.2) is 22.5 Å². The van der Waals surface area contributed by atoms with Crippen molar-refractivity contribution in [2.75, 3.05) is 11.9 Å². The predicted octanol–water partition coefficient (Wildman–Crippen LogP) is 4.11. The van der Waals surface area contributed by atoms with Crippen LogP contribution in [0.15, 0.2) is 29.7 Å². The first kappa shape index (κ1) is 15.6.